The van der Waals surface area contributed by atoms with Crippen molar-refractivity contribution in [1.29, 1.82) is 0 Å². The molecule has 16 heavy (non-hydrogen) atoms. The number of nitrogens with zero attached hydrogens (tertiary/aromatic N) is 2. The van der Waals surface area contributed by atoms with Crippen LogP contribution in [0.15, 0.2) is 18.3 Å². The molecule has 0 amide bonds. The monoisotopic (exact) mass is 221 g/mol. The van der Waals surface area contributed by atoms with Gasteiger partial charge in [-0.1, -0.05) is 6.92 Å². The lowest BCUT2D eigenvalue weighted by Gasteiger charge is -2.27. The lowest BCUT2D eigenvalue weighted by Crippen LogP contribution is -2.32. The van der Waals surface area contributed by atoms with E-state index in [2.05, 4.69) is 48.1 Å². The fraction of sp³-hybridized carbons (Fsp3) is 0.615. The summed E-state index contributed by atoms with van der Waals surface area (Å²) in [4.78, 5) is 6.81. The Hall–Kier alpha value is -1.09. The Kier molecular flexibility index (Phi) is 5.26. The molecule has 0 spiro atoms. The summed E-state index contributed by atoms with van der Waals surface area (Å²) in [5.41, 5.74) is 1.29. The molecule has 1 aromatic rings. The second kappa shape index (κ2) is 6.48. The summed E-state index contributed by atoms with van der Waals surface area (Å²) in [6, 6.07) is 4.73. The summed E-state index contributed by atoms with van der Waals surface area (Å²) in [6.45, 7) is 8.58. The number of aromatic nitrogens is 1. The highest BCUT2D eigenvalue weighted by atomic mass is 15.2. The molecule has 0 aliphatic carbocycles. The Morgan fingerprint density at radius 1 is 1.44 bits per heavy atom. The maximum atomic E-state index is 4.46. The summed E-state index contributed by atoms with van der Waals surface area (Å²) in [6.07, 6.45) is 3.04. The Balaban J connectivity index is 2.86. The second-order valence-corrected chi connectivity index (χ2v) is 4.34. The van der Waals surface area contributed by atoms with E-state index in [0.29, 0.717) is 6.04 Å². The van der Waals surface area contributed by atoms with E-state index in [0.717, 1.165) is 25.3 Å². The van der Waals surface area contributed by atoms with Gasteiger partial charge in [0.15, 0.2) is 0 Å². The van der Waals surface area contributed by atoms with Gasteiger partial charge in [-0.25, -0.2) is 4.98 Å². The molecular weight excluding hydrogens is 198 g/mol. The van der Waals surface area contributed by atoms with Gasteiger partial charge in [-0.3, -0.25) is 0 Å². The fourth-order valence-electron chi connectivity index (χ4n) is 1.81. The molecule has 0 aromatic carbocycles. The zero-order valence-corrected chi connectivity index (χ0v) is 10.8. The van der Waals surface area contributed by atoms with Crippen molar-refractivity contribution in [3.63, 3.8) is 0 Å². The van der Waals surface area contributed by atoms with E-state index >= 15 is 0 Å². The molecule has 1 N–H and O–H groups in total. The maximum absolute atomic E-state index is 4.46. The predicted octanol–water partition coefficient (Wildman–Crippen LogP) is 2.43. The third-order valence-corrected chi connectivity index (χ3v) is 2.57. The normalized spacial score (nSPS) is 10.8. The molecule has 0 saturated heterocycles. The molecule has 1 heterocycles. The van der Waals surface area contributed by atoms with Crippen LogP contribution in [0.3, 0.4) is 0 Å². The first kappa shape index (κ1) is 13.0. The quantitative estimate of drug-likeness (QED) is 0.799. The van der Waals surface area contributed by atoms with Crippen molar-refractivity contribution in [2.24, 2.45) is 0 Å². The molecular formula is C13H23N3. The number of pyridine rings is 1. The van der Waals surface area contributed by atoms with E-state index < -0.39 is 0 Å². The zero-order valence-electron chi connectivity index (χ0n) is 10.8. The first-order valence-electron chi connectivity index (χ1n) is 6.05. The Bertz CT molecular complexity index is 310. The van der Waals surface area contributed by atoms with Gasteiger partial charge in [0.2, 0.25) is 0 Å². The molecule has 3 heteroatoms. The van der Waals surface area contributed by atoms with Crippen molar-refractivity contribution in [3.8, 4) is 0 Å². The van der Waals surface area contributed by atoms with Crippen LogP contribution in [0.1, 0.15) is 32.8 Å². The fourth-order valence-corrected chi connectivity index (χ4v) is 1.81. The highest BCUT2D eigenvalue weighted by Gasteiger charge is 2.10. The smallest absolute Gasteiger partial charge is 0.129 e. The zero-order chi connectivity index (χ0) is 12.0. The summed E-state index contributed by atoms with van der Waals surface area (Å²) < 4.78 is 0. The van der Waals surface area contributed by atoms with Gasteiger partial charge in [-0.05, 0) is 45.0 Å². The van der Waals surface area contributed by atoms with E-state index in [9.17, 15) is 0 Å². The lowest BCUT2D eigenvalue weighted by molar-refractivity contribution is 0.661. The standard InChI is InChI=1S/C13H23N3/c1-5-8-16(11(2)3)13-9-12(10-14-4)6-7-15-13/h6-7,9,11,14H,5,8,10H2,1-4H3. The molecule has 0 radical (unpaired) electrons. The van der Waals surface area contributed by atoms with Crippen LogP contribution in [-0.2, 0) is 6.54 Å². The number of hydrogen-bond acceptors (Lipinski definition) is 3. The molecule has 90 valence electrons. The minimum atomic E-state index is 0.497. The van der Waals surface area contributed by atoms with E-state index in [1.54, 1.807) is 0 Å². The molecule has 3 nitrogen and oxygen atoms in total. The van der Waals surface area contributed by atoms with Crippen LogP contribution in [-0.4, -0.2) is 24.6 Å². The minimum Gasteiger partial charge on any atom is -0.354 e. The largest absolute Gasteiger partial charge is 0.354 e. The molecule has 1 rings (SSSR count). The van der Waals surface area contributed by atoms with Gasteiger partial charge < -0.3 is 10.2 Å². The van der Waals surface area contributed by atoms with Gasteiger partial charge in [-0.2, -0.15) is 0 Å². The van der Waals surface area contributed by atoms with Crippen molar-refractivity contribution in [2.45, 2.75) is 39.8 Å². The van der Waals surface area contributed by atoms with Gasteiger partial charge in [0.05, 0.1) is 0 Å². The van der Waals surface area contributed by atoms with Crippen molar-refractivity contribution >= 4 is 5.82 Å². The van der Waals surface area contributed by atoms with E-state index in [4.69, 9.17) is 0 Å². The molecule has 0 aliphatic rings. The Morgan fingerprint density at radius 2 is 2.19 bits per heavy atom. The number of hydrogen-bond donors (Lipinski definition) is 1. The van der Waals surface area contributed by atoms with Gasteiger partial charge in [-0.15, -0.1) is 0 Å². The topological polar surface area (TPSA) is 28.2 Å². The van der Waals surface area contributed by atoms with Crippen LogP contribution < -0.4 is 10.2 Å². The first-order valence-corrected chi connectivity index (χ1v) is 6.05. The molecule has 0 bridgehead atoms. The third kappa shape index (κ3) is 3.49. The highest BCUT2D eigenvalue weighted by Crippen LogP contribution is 2.15. The maximum Gasteiger partial charge on any atom is 0.129 e. The van der Waals surface area contributed by atoms with Gasteiger partial charge >= 0.3 is 0 Å². The van der Waals surface area contributed by atoms with Gasteiger partial charge in [0.25, 0.3) is 0 Å². The predicted molar refractivity (Wildman–Crippen MR) is 69.8 cm³/mol. The molecule has 0 atom stereocenters. The molecule has 0 aliphatic heterocycles. The van der Waals surface area contributed by atoms with Crippen molar-refractivity contribution in [2.75, 3.05) is 18.5 Å². The number of rotatable bonds is 6. The lowest BCUT2D eigenvalue weighted by atomic mass is 10.2. The average molecular weight is 221 g/mol. The van der Waals surface area contributed by atoms with Crippen LogP contribution >= 0.6 is 0 Å². The summed E-state index contributed by atoms with van der Waals surface area (Å²) in [7, 11) is 1.96. The van der Waals surface area contributed by atoms with Crippen LogP contribution in [0.25, 0.3) is 0 Å². The van der Waals surface area contributed by atoms with Gasteiger partial charge in [0, 0.05) is 25.3 Å². The van der Waals surface area contributed by atoms with Crippen LogP contribution in [0, 0.1) is 0 Å². The SMILES string of the molecule is CCCN(c1cc(CNC)ccn1)C(C)C. The number of anilines is 1. The van der Waals surface area contributed by atoms with Crippen molar-refractivity contribution in [1.82, 2.24) is 10.3 Å². The molecule has 0 saturated carbocycles. The van der Waals surface area contributed by atoms with Crippen LogP contribution in [0.4, 0.5) is 5.82 Å². The van der Waals surface area contributed by atoms with Gasteiger partial charge in [0.1, 0.15) is 5.82 Å². The van der Waals surface area contributed by atoms with E-state index in [1.807, 2.05) is 13.2 Å². The average Bonchev–Trinajstić information content (AvgIpc) is 2.26. The van der Waals surface area contributed by atoms with Crippen LogP contribution in [0.5, 0.6) is 0 Å². The summed E-state index contributed by atoms with van der Waals surface area (Å²) in [5.74, 6) is 1.09. The van der Waals surface area contributed by atoms with E-state index in [1.165, 1.54) is 5.56 Å². The molecule has 0 fully saturated rings. The third-order valence-electron chi connectivity index (χ3n) is 2.57. The first-order chi connectivity index (χ1) is 7.69. The number of nitrogens with one attached hydrogen (secondary N) is 1. The summed E-state index contributed by atoms with van der Waals surface area (Å²) >= 11 is 0. The Morgan fingerprint density at radius 3 is 2.75 bits per heavy atom. The highest BCUT2D eigenvalue weighted by molar-refractivity contribution is 5.41. The van der Waals surface area contributed by atoms with Crippen molar-refractivity contribution in [3.05, 3.63) is 23.9 Å². The molecule has 1 aromatic heterocycles. The minimum absolute atomic E-state index is 0.497. The summed E-state index contributed by atoms with van der Waals surface area (Å²) in [5, 5.41) is 3.17. The van der Waals surface area contributed by atoms with Crippen LogP contribution in [0.2, 0.25) is 0 Å². The van der Waals surface area contributed by atoms with Crippen molar-refractivity contribution < 1.29 is 0 Å². The molecule has 0 unspecified atom stereocenters. The Labute approximate surface area is 98.9 Å². The van der Waals surface area contributed by atoms with E-state index in [-0.39, 0.29) is 0 Å². The second-order valence-electron chi connectivity index (χ2n) is 4.34.